The highest BCUT2D eigenvalue weighted by molar-refractivity contribution is 9.10. The lowest BCUT2D eigenvalue weighted by atomic mass is 10.1. The van der Waals surface area contributed by atoms with Crippen molar-refractivity contribution < 1.29 is 24.2 Å². The minimum Gasteiger partial charge on any atom is -0.465 e. The summed E-state index contributed by atoms with van der Waals surface area (Å²) in [5, 5.41) is 9.49. The Hall–Kier alpha value is -2.13. The van der Waals surface area contributed by atoms with Gasteiger partial charge in [0.1, 0.15) is 5.60 Å². The molecular weight excluding hydrogens is 442 g/mol. The van der Waals surface area contributed by atoms with Gasteiger partial charge < -0.3 is 14.7 Å². The molecule has 0 atom stereocenters. The van der Waals surface area contributed by atoms with E-state index in [4.69, 9.17) is 16.3 Å². The average Bonchev–Trinajstić information content (AvgIpc) is 2.55. The van der Waals surface area contributed by atoms with Crippen molar-refractivity contribution in [3.05, 3.63) is 33.4 Å². The van der Waals surface area contributed by atoms with E-state index in [2.05, 4.69) is 20.9 Å². The Balaban J connectivity index is 2.42. The van der Waals surface area contributed by atoms with Gasteiger partial charge in [-0.2, -0.15) is 4.90 Å². The third-order valence-electron chi connectivity index (χ3n) is 3.48. The third-order valence-corrected chi connectivity index (χ3v) is 4.27. The molecule has 0 saturated carbocycles. The number of carbonyl (C=O) groups is 3. The SMILES string of the molecule is CC(C)(C)OC(=O)N(C(=O)C1=CCCN(C(=O)O)C1)c1ncc(Cl)cc1Br. The highest BCUT2D eigenvalue weighted by Crippen LogP contribution is 2.29. The summed E-state index contributed by atoms with van der Waals surface area (Å²) in [7, 11) is 0. The summed E-state index contributed by atoms with van der Waals surface area (Å²) in [6.07, 6.45) is 1.22. The maximum Gasteiger partial charge on any atom is 0.423 e. The van der Waals surface area contributed by atoms with Crippen LogP contribution in [0, 0.1) is 0 Å². The number of hydrogen-bond donors (Lipinski definition) is 1. The third kappa shape index (κ3) is 5.43. The van der Waals surface area contributed by atoms with Crippen LogP contribution in [0.2, 0.25) is 5.02 Å². The molecule has 146 valence electrons. The van der Waals surface area contributed by atoms with Gasteiger partial charge in [0.05, 0.1) is 16.0 Å². The second-order valence-electron chi connectivity index (χ2n) is 6.80. The van der Waals surface area contributed by atoms with Crippen LogP contribution in [0.5, 0.6) is 0 Å². The Bertz CT molecular complexity index is 806. The van der Waals surface area contributed by atoms with E-state index >= 15 is 0 Å². The van der Waals surface area contributed by atoms with Gasteiger partial charge in [0, 0.05) is 18.3 Å². The van der Waals surface area contributed by atoms with Gasteiger partial charge in [0.25, 0.3) is 5.91 Å². The van der Waals surface area contributed by atoms with Gasteiger partial charge in [-0.05, 0) is 49.2 Å². The quantitative estimate of drug-likeness (QED) is 0.714. The van der Waals surface area contributed by atoms with Crippen molar-refractivity contribution in [2.75, 3.05) is 18.0 Å². The number of imide groups is 1. The molecule has 27 heavy (non-hydrogen) atoms. The second-order valence-corrected chi connectivity index (χ2v) is 8.09. The Morgan fingerprint density at radius 1 is 1.37 bits per heavy atom. The maximum absolute atomic E-state index is 13.1. The van der Waals surface area contributed by atoms with Crippen LogP contribution in [-0.4, -0.2) is 51.8 Å². The van der Waals surface area contributed by atoms with Gasteiger partial charge in [-0.1, -0.05) is 17.7 Å². The molecule has 0 spiro atoms. The van der Waals surface area contributed by atoms with E-state index in [-0.39, 0.29) is 24.5 Å². The maximum atomic E-state index is 13.1. The molecule has 2 rings (SSSR count). The second kappa shape index (κ2) is 8.26. The van der Waals surface area contributed by atoms with Gasteiger partial charge in [-0.25, -0.2) is 14.6 Å². The van der Waals surface area contributed by atoms with Gasteiger partial charge in [-0.15, -0.1) is 0 Å². The molecule has 1 aliphatic heterocycles. The smallest absolute Gasteiger partial charge is 0.423 e. The average molecular weight is 461 g/mol. The summed E-state index contributed by atoms with van der Waals surface area (Å²) in [5.41, 5.74) is -0.680. The van der Waals surface area contributed by atoms with Crippen LogP contribution in [0.4, 0.5) is 15.4 Å². The van der Waals surface area contributed by atoms with E-state index in [1.165, 1.54) is 12.3 Å². The van der Waals surface area contributed by atoms with Gasteiger partial charge in [0.15, 0.2) is 5.82 Å². The molecule has 3 amide bonds. The molecule has 0 aliphatic carbocycles. The van der Waals surface area contributed by atoms with Crippen LogP contribution >= 0.6 is 27.5 Å². The van der Waals surface area contributed by atoms with Crippen LogP contribution in [0.3, 0.4) is 0 Å². The largest absolute Gasteiger partial charge is 0.465 e. The van der Waals surface area contributed by atoms with Crippen molar-refractivity contribution in [1.82, 2.24) is 9.88 Å². The molecule has 1 aliphatic rings. The van der Waals surface area contributed by atoms with Crippen molar-refractivity contribution in [1.29, 1.82) is 0 Å². The summed E-state index contributed by atoms with van der Waals surface area (Å²) in [6.45, 7) is 5.16. The van der Waals surface area contributed by atoms with Crippen molar-refractivity contribution >= 4 is 51.4 Å². The zero-order valence-corrected chi connectivity index (χ0v) is 17.4. The van der Waals surface area contributed by atoms with E-state index in [0.717, 1.165) is 9.80 Å². The Morgan fingerprint density at radius 2 is 2.04 bits per heavy atom. The van der Waals surface area contributed by atoms with Crippen molar-refractivity contribution in [3.63, 3.8) is 0 Å². The first-order chi connectivity index (χ1) is 12.5. The number of carbonyl (C=O) groups excluding carboxylic acids is 2. The summed E-state index contributed by atoms with van der Waals surface area (Å²) in [5.74, 6) is -0.697. The summed E-state index contributed by atoms with van der Waals surface area (Å²) >= 11 is 9.14. The normalized spacial score (nSPS) is 14.4. The Morgan fingerprint density at radius 3 is 2.59 bits per heavy atom. The molecule has 2 heterocycles. The molecule has 1 aromatic heterocycles. The zero-order valence-electron chi connectivity index (χ0n) is 15.0. The monoisotopic (exact) mass is 459 g/mol. The van der Waals surface area contributed by atoms with Crippen LogP contribution < -0.4 is 4.90 Å². The molecule has 10 heteroatoms. The predicted molar refractivity (Wildman–Crippen MR) is 103 cm³/mol. The fraction of sp³-hybridized carbons (Fsp3) is 0.412. The lowest BCUT2D eigenvalue weighted by Crippen LogP contribution is -2.45. The number of amides is 3. The number of halogens is 2. The number of nitrogens with zero attached hydrogens (tertiary/aromatic N) is 3. The zero-order chi connectivity index (χ0) is 20.4. The highest BCUT2D eigenvalue weighted by Gasteiger charge is 2.34. The first kappa shape index (κ1) is 21.2. The lowest BCUT2D eigenvalue weighted by molar-refractivity contribution is -0.115. The standard InChI is InChI=1S/C17H19BrClN3O5/c1-17(2,3)27-16(26)22(13-12(18)7-11(19)8-20-13)14(23)10-5-4-6-21(9-10)15(24)25/h5,7-8H,4,6,9H2,1-3H3,(H,24,25). The lowest BCUT2D eigenvalue weighted by Gasteiger charge is -2.29. The molecule has 0 unspecified atom stereocenters. The van der Waals surface area contributed by atoms with Crippen molar-refractivity contribution in [2.24, 2.45) is 0 Å². The Labute approximate surface area is 169 Å². The fourth-order valence-corrected chi connectivity index (χ4v) is 3.17. The molecule has 0 aromatic carbocycles. The van der Waals surface area contributed by atoms with E-state index in [1.54, 1.807) is 26.8 Å². The first-order valence-corrected chi connectivity index (χ1v) is 9.22. The minimum atomic E-state index is -1.14. The van der Waals surface area contributed by atoms with Crippen molar-refractivity contribution in [3.8, 4) is 0 Å². The van der Waals surface area contributed by atoms with Crippen molar-refractivity contribution in [2.45, 2.75) is 32.8 Å². The van der Waals surface area contributed by atoms with Crippen LogP contribution in [0.15, 0.2) is 28.4 Å². The van der Waals surface area contributed by atoms with E-state index in [0.29, 0.717) is 15.9 Å². The van der Waals surface area contributed by atoms with Crippen LogP contribution in [-0.2, 0) is 9.53 Å². The van der Waals surface area contributed by atoms with E-state index in [1.807, 2.05) is 0 Å². The molecule has 1 N–H and O–H groups in total. The predicted octanol–water partition coefficient (Wildman–Crippen LogP) is 4.08. The number of pyridine rings is 1. The van der Waals surface area contributed by atoms with E-state index in [9.17, 15) is 19.5 Å². The first-order valence-electron chi connectivity index (χ1n) is 8.05. The van der Waals surface area contributed by atoms with E-state index < -0.39 is 23.7 Å². The molecule has 0 bridgehead atoms. The van der Waals surface area contributed by atoms with Gasteiger partial charge >= 0.3 is 12.2 Å². The minimum absolute atomic E-state index is 0.00648. The fourth-order valence-electron chi connectivity index (χ4n) is 2.35. The molecule has 8 nitrogen and oxygen atoms in total. The highest BCUT2D eigenvalue weighted by atomic mass is 79.9. The summed E-state index contributed by atoms with van der Waals surface area (Å²) in [4.78, 5) is 43.0. The number of carboxylic acid groups (broad SMARTS) is 1. The molecule has 0 radical (unpaired) electrons. The molecule has 1 aromatic rings. The number of anilines is 1. The Kier molecular flexibility index (Phi) is 6.48. The molecule has 0 saturated heterocycles. The summed E-state index contributed by atoms with van der Waals surface area (Å²) < 4.78 is 5.66. The number of rotatable bonds is 2. The summed E-state index contributed by atoms with van der Waals surface area (Å²) in [6, 6.07) is 1.49. The van der Waals surface area contributed by atoms with Gasteiger partial charge in [0.2, 0.25) is 0 Å². The van der Waals surface area contributed by atoms with Crippen LogP contribution in [0.25, 0.3) is 0 Å². The molecular formula is C17H19BrClN3O5. The molecule has 0 fully saturated rings. The topological polar surface area (TPSA) is 100 Å². The number of ether oxygens (including phenoxy) is 1. The van der Waals surface area contributed by atoms with Crippen LogP contribution in [0.1, 0.15) is 27.2 Å². The van der Waals surface area contributed by atoms with Gasteiger partial charge in [-0.3, -0.25) is 4.79 Å². The number of hydrogen-bond acceptors (Lipinski definition) is 5. The number of aromatic nitrogens is 1.